The van der Waals surface area contributed by atoms with Crippen LogP contribution in [0.1, 0.15) is 6.42 Å². The van der Waals surface area contributed by atoms with Gasteiger partial charge in [-0.2, -0.15) is 5.26 Å². The van der Waals surface area contributed by atoms with Crippen molar-refractivity contribution < 1.29 is 0 Å². The molecule has 2 aromatic heterocycles. The van der Waals surface area contributed by atoms with E-state index in [1.165, 1.54) is 0 Å². The molecule has 132 valence electrons. The summed E-state index contributed by atoms with van der Waals surface area (Å²) >= 11 is 11.7. The highest BCUT2D eigenvalue weighted by Crippen LogP contribution is 2.23. The molecule has 3 aromatic rings. The topological polar surface area (TPSA) is 62.7 Å². The third-order valence-corrected chi connectivity index (χ3v) is 4.49. The summed E-state index contributed by atoms with van der Waals surface area (Å²) in [5, 5.41) is 14.1. The number of hydrogen-bond donors (Lipinski definition) is 0. The van der Waals surface area contributed by atoms with Gasteiger partial charge in [-0.3, -0.25) is 14.5 Å². The number of nitrogens with zero attached hydrogens (tertiary/aromatic N) is 6. The van der Waals surface area contributed by atoms with Crippen molar-refractivity contribution in [1.82, 2.24) is 24.2 Å². The van der Waals surface area contributed by atoms with Gasteiger partial charge in [-0.05, 0) is 55.7 Å². The van der Waals surface area contributed by atoms with Gasteiger partial charge in [0.25, 0.3) is 0 Å². The molecule has 0 aliphatic heterocycles. The molecule has 6 nitrogen and oxygen atoms in total. The van der Waals surface area contributed by atoms with Crippen LogP contribution >= 0.6 is 23.8 Å². The molecule has 0 atom stereocenters. The molecule has 0 saturated carbocycles. The smallest absolute Gasteiger partial charge is 0.204 e. The normalized spacial score (nSPS) is 10.8. The van der Waals surface area contributed by atoms with Gasteiger partial charge in [0.15, 0.2) is 5.82 Å². The van der Waals surface area contributed by atoms with E-state index in [4.69, 9.17) is 34.2 Å². The number of rotatable bonds is 6. The van der Waals surface area contributed by atoms with Crippen LogP contribution in [0.15, 0.2) is 48.8 Å². The van der Waals surface area contributed by atoms with Crippen LogP contribution in [0.3, 0.4) is 0 Å². The summed E-state index contributed by atoms with van der Waals surface area (Å²) in [7, 11) is 1.94. The SMILES string of the molecule is CN(CCC#N)Cn1nc(-c2ccncc2)n(-c2ccc(Cl)cc2)c1=S. The fourth-order valence-corrected chi connectivity index (χ4v) is 2.97. The Bertz CT molecular complexity index is 972. The van der Waals surface area contributed by atoms with Crippen LogP contribution in [0.25, 0.3) is 17.1 Å². The molecule has 3 rings (SSSR count). The number of aromatic nitrogens is 4. The maximum absolute atomic E-state index is 8.76. The summed E-state index contributed by atoms with van der Waals surface area (Å²) in [5.74, 6) is 0.730. The Labute approximate surface area is 161 Å². The predicted octanol–water partition coefficient (Wildman–Crippen LogP) is 3.92. The second-order valence-corrected chi connectivity index (χ2v) is 6.58. The summed E-state index contributed by atoms with van der Waals surface area (Å²) in [6.45, 7) is 1.15. The molecule has 0 N–H and O–H groups in total. The van der Waals surface area contributed by atoms with E-state index in [2.05, 4.69) is 11.1 Å². The molecule has 0 spiro atoms. The van der Waals surface area contributed by atoms with Crippen LogP contribution in [0, 0.1) is 16.1 Å². The molecule has 0 unspecified atom stereocenters. The van der Waals surface area contributed by atoms with E-state index >= 15 is 0 Å². The first-order valence-electron chi connectivity index (χ1n) is 8.02. The first-order valence-corrected chi connectivity index (χ1v) is 8.80. The third-order valence-electron chi connectivity index (χ3n) is 3.84. The lowest BCUT2D eigenvalue weighted by atomic mass is 10.2. The summed E-state index contributed by atoms with van der Waals surface area (Å²) in [4.78, 5) is 6.08. The van der Waals surface area contributed by atoms with E-state index < -0.39 is 0 Å². The highest BCUT2D eigenvalue weighted by atomic mass is 35.5. The van der Waals surface area contributed by atoms with Crippen molar-refractivity contribution in [3.8, 4) is 23.1 Å². The van der Waals surface area contributed by atoms with E-state index in [-0.39, 0.29) is 0 Å². The fraction of sp³-hybridized carbons (Fsp3) is 0.222. The average molecular weight is 385 g/mol. The zero-order chi connectivity index (χ0) is 18.5. The maximum Gasteiger partial charge on any atom is 0.204 e. The Balaban J connectivity index is 2.07. The molecule has 8 heteroatoms. The van der Waals surface area contributed by atoms with E-state index in [9.17, 15) is 0 Å². The van der Waals surface area contributed by atoms with E-state index in [1.54, 1.807) is 17.1 Å². The van der Waals surface area contributed by atoms with Crippen molar-refractivity contribution in [2.75, 3.05) is 13.6 Å². The van der Waals surface area contributed by atoms with Crippen molar-refractivity contribution in [2.24, 2.45) is 0 Å². The van der Waals surface area contributed by atoms with Gasteiger partial charge in [-0.25, -0.2) is 4.68 Å². The first-order chi connectivity index (χ1) is 12.6. The zero-order valence-electron chi connectivity index (χ0n) is 14.2. The average Bonchev–Trinajstić information content (AvgIpc) is 2.98. The zero-order valence-corrected chi connectivity index (χ0v) is 15.8. The Morgan fingerprint density at radius 3 is 2.54 bits per heavy atom. The van der Waals surface area contributed by atoms with Crippen molar-refractivity contribution in [3.05, 3.63) is 58.6 Å². The van der Waals surface area contributed by atoms with Crippen molar-refractivity contribution in [1.29, 1.82) is 5.26 Å². The van der Waals surface area contributed by atoms with Crippen molar-refractivity contribution in [2.45, 2.75) is 13.1 Å². The monoisotopic (exact) mass is 384 g/mol. The Kier molecular flexibility index (Phi) is 5.78. The van der Waals surface area contributed by atoms with E-state index in [1.807, 2.05) is 52.9 Å². The molecular formula is C18H17ClN6S. The van der Waals surface area contributed by atoms with Crippen LogP contribution in [0.2, 0.25) is 5.02 Å². The lowest BCUT2D eigenvalue weighted by Gasteiger charge is -2.14. The molecular weight excluding hydrogens is 368 g/mol. The summed E-state index contributed by atoms with van der Waals surface area (Å²) in [6.07, 6.45) is 3.91. The number of nitriles is 1. The van der Waals surface area contributed by atoms with Crippen molar-refractivity contribution >= 4 is 23.8 Å². The van der Waals surface area contributed by atoms with Gasteiger partial charge in [0, 0.05) is 35.9 Å². The van der Waals surface area contributed by atoms with Crippen molar-refractivity contribution in [3.63, 3.8) is 0 Å². The van der Waals surface area contributed by atoms with Gasteiger partial charge in [0.1, 0.15) is 0 Å². The van der Waals surface area contributed by atoms with Crippen LogP contribution in [-0.2, 0) is 6.67 Å². The minimum absolute atomic E-state index is 0.457. The summed E-state index contributed by atoms with van der Waals surface area (Å²) in [5.41, 5.74) is 1.80. The first kappa shape index (κ1) is 18.3. The van der Waals surface area contributed by atoms with Gasteiger partial charge in [0.2, 0.25) is 4.77 Å². The van der Waals surface area contributed by atoms with Gasteiger partial charge in [-0.15, -0.1) is 5.10 Å². The van der Waals surface area contributed by atoms with Crippen LogP contribution in [0.4, 0.5) is 0 Å². The molecule has 2 heterocycles. The Hall–Kier alpha value is -2.53. The third kappa shape index (κ3) is 3.99. The molecule has 0 fully saturated rings. The molecule has 26 heavy (non-hydrogen) atoms. The lowest BCUT2D eigenvalue weighted by molar-refractivity contribution is 0.257. The maximum atomic E-state index is 8.76. The summed E-state index contributed by atoms with van der Waals surface area (Å²) < 4.78 is 4.25. The van der Waals surface area contributed by atoms with Gasteiger partial charge >= 0.3 is 0 Å². The standard InChI is InChI=1S/C18H17ClN6S/c1-23(12-2-9-20)13-24-18(26)25(16-5-3-15(19)4-6-16)17(22-24)14-7-10-21-11-8-14/h3-8,10-11H,2,12-13H2,1H3. The second kappa shape index (κ2) is 8.23. The molecule has 1 aromatic carbocycles. The van der Waals surface area contributed by atoms with Crippen LogP contribution < -0.4 is 0 Å². The highest BCUT2D eigenvalue weighted by molar-refractivity contribution is 7.71. The number of halogens is 1. The molecule has 0 radical (unpaired) electrons. The largest absolute Gasteiger partial charge is 0.286 e. The number of benzene rings is 1. The number of hydrogen-bond acceptors (Lipinski definition) is 5. The molecule has 0 saturated heterocycles. The van der Waals surface area contributed by atoms with Crippen LogP contribution in [0.5, 0.6) is 0 Å². The molecule has 0 aliphatic carbocycles. The predicted molar refractivity (Wildman–Crippen MR) is 103 cm³/mol. The number of pyridine rings is 1. The molecule has 0 amide bonds. The Morgan fingerprint density at radius 2 is 1.88 bits per heavy atom. The lowest BCUT2D eigenvalue weighted by Crippen LogP contribution is -2.23. The minimum atomic E-state index is 0.457. The van der Waals surface area contributed by atoms with Gasteiger partial charge in [-0.1, -0.05) is 11.6 Å². The van der Waals surface area contributed by atoms with E-state index in [0.717, 1.165) is 17.1 Å². The van der Waals surface area contributed by atoms with Crippen LogP contribution in [-0.4, -0.2) is 37.8 Å². The highest BCUT2D eigenvalue weighted by Gasteiger charge is 2.15. The van der Waals surface area contributed by atoms with E-state index in [0.29, 0.717) is 29.4 Å². The Morgan fingerprint density at radius 1 is 1.19 bits per heavy atom. The van der Waals surface area contributed by atoms with Gasteiger partial charge < -0.3 is 0 Å². The molecule has 0 aliphatic rings. The molecule has 0 bridgehead atoms. The summed E-state index contributed by atoms with van der Waals surface area (Å²) in [6, 6.07) is 13.4. The second-order valence-electron chi connectivity index (χ2n) is 5.78. The quantitative estimate of drug-likeness (QED) is 0.603. The fourth-order valence-electron chi connectivity index (χ4n) is 2.55. The minimum Gasteiger partial charge on any atom is -0.286 e. The van der Waals surface area contributed by atoms with Gasteiger partial charge in [0.05, 0.1) is 18.4 Å².